The fourth-order valence-electron chi connectivity index (χ4n) is 2.00. The van der Waals surface area contributed by atoms with Gasteiger partial charge in [0.1, 0.15) is 0 Å². The fourth-order valence-corrected chi connectivity index (χ4v) is 4.81. The quantitative estimate of drug-likeness (QED) is 0.321. The van der Waals surface area contributed by atoms with E-state index in [1.54, 1.807) is 0 Å². The summed E-state index contributed by atoms with van der Waals surface area (Å²) in [4.78, 5) is 0. The number of rotatable bonds is 10. The van der Waals surface area contributed by atoms with Crippen LogP contribution in [0.1, 0.15) is 19.8 Å². The second kappa shape index (κ2) is 10.0. The van der Waals surface area contributed by atoms with Crippen LogP contribution in [0.5, 0.6) is 11.5 Å². The molecule has 0 aliphatic heterocycles. The molecule has 0 aliphatic rings. The van der Waals surface area contributed by atoms with E-state index in [9.17, 15) is 8.42 Å². The van der Waals surface area contributed by atoms with E-state index in [-0.39, 0.29) is 18.8 Å². The van der Waals surface area contributed by atoms with Gasteiger partial charge >= 0.3 is 159 Å². The Hall–Kier alpha value is -1.26. The Labute approximate surface area is 159 Å². The molecule has 0 saturated heterocycles. The topological polar surface area (TPSA) is 72.8 Å². The van der Waals surface area contributed by atoms with Crippen LogP contribution in [0.3, 0.4) is 0 Å². The van der Waals surface area contributed by atoms with Crippen molar-refractivity contribution in [2.75, 3.05) is 19.0 Å². The van der Waals surface area contributed by atoms with Gasteiger partial charge in [0.2, 0.25) is 0 Å². The van der Waals surface area contributed by atoms with Crippen LogP contribution in [0, 0.1) is 0 Å². The predicted molar refractivity (Wildman–Crippen MR) is 100 cm³/mol. The van der Waals surface area contributed by atoms with E-state index in [4.69, 9.17) is 14.0 Å². The summed E-state index contributed by atoms with van der Waals surface area (Å²) >= 11 is -0.463. The molecule has 0 atom stereocenters. The second-order valence-corrected chi connectivity index (χ2v) is 10.2. The zero-order valence-electron chi connectivity index (χ0n) is 14.1. The Balaban J connectivity index is 1.81. The maximum absolute atomic E-state index is 10.6. The van der Waals surface area contributed by atoms with Crippen LogP contribution in [-0.2, 0) is 10.1 Å². The van der Waals surface area contributed by atoms with Gasteiger partial charge in [-0.25, -0.2) is 0 Å². The Morgan fingerprint density at radius 2 is 1.36 bits per heavy atom. The number of hydrogen-bond donors (Lipinski definition) is 1. The van der Waals surface area contributed by atoms with E-state index < -0.39 is 31.0 Å². The first kappa shape index (κ1) is 20.1. The Morgan fingerprint density at radius 1 is 0.880 bits per heavy atom. The normalized spacial score (nSPS) is 11.3. The van der Waals surface area contributed by atoms with Crippen LogP contribution in [0.25, 0.3) is 0 Å². The number of benzene rings is 2. The third-order valence-electron chi connectivity index (χ3n) is 3.17. The maximum atomic E-state index is 10.6. The zero-order chi connectivity index (χ0) is 18.1. The molecule has 0 bridgehead atoms. The Morgan fingerprint density at radius 3 is 1.80 bits per heavy atom. The van der Waals surface area contributed by atoms with Crippen molar-refractivity contribution in [3.05, 3.63) is 48.5 Å². The van der Waals surface area contributed by atoms with Gasteiger partial charge in [-0.15, -0.1) is 0 Å². The van der Waals surface area contributed by atoms with E-state index >= 15 is 0 Å². The van der Waals surface area contributed by atoms with Crippen LogP contribution < -0.4 is 16.7 Å². The molecule has 1 N–H and O–H groups in total. The Bertz CT molecular complexity index is 742. The first-order chi connectivity index (χ1) is 12.0. The van der Waals surface area contributed by atoms with Gasteiger partial charge in [0, 0.05) is 0 Å². The summed E-state index contributed by atoms with van der Waals surface area (Å²) in [6, 6.07) is 16.1. The molecule has 5 nitrogen and oxygen atoms in total. The molecular weight excluding hydrogens is 456 g/mol. The Kier molecular flexibility index (Phi) is 8.04. The van der Waals surface area contributed by atoms with Crippen molar-refractivity contribution in [3.8, 4) is 11.5 Å². The molecule has 0 heterocycles. The first-order valence-corrected chi connectivity index (χ1v) is 12.0. The molecule has 0 aromatic heterocycles. The molecule has 0 aliphatic carbocycles. The van der Waals surface area contributed by atoms with Gasteiger partial charge in [0.05, 0.1) is 0 Å². The van der Waals surface area contributed by atoms with Crippen molar-refractivity contribution in [2.45, 2.75) is 19.8 Å². The SMILES string of the molecule is CCCOc1ccc([Te]c2ccc(OCCCS(=O)(=O)O)cc2)cc1. The van der Waals surface area contributed by atoms with Gasteiger partial charge < -0.3 is 0 Å². The molecule has 0 unspecified atom stereocenters. The summed E-state index contributed by atoms with van der Waals surface area (Å²) < 4.78 is 43.6. The molecule has 0 spiro atoms. The van der Waals surface area contributed by atoms with Crippen molar-refractivity contribution in [2.24, 2.45) is 0 Å². The minimum absolute atomic E-state index is 0.259. The van der Waals surface area contributed by atoms with Crippen molar-refractivity contribution < 1.29 is 22.4 Å². The van der Waals surface area contributed by atoms with Crippen LogP contribution in [0.2, 0.25) is 0 Å². The van der Waals surface area contributed by atoms with Crippen LogP contribution in [0.15, 0.2) is 48.5 Å². The van der Waals surface area contributed by atoms with Crippen molar-refractivity contribution in [1.82, 2.24) is 0 Å². The van der Waals surface area contributed by atoms with Gasteiger partial charge in [-0.1, -0.05) is 0 Å². The molecule has 0 amide bonds. The average molecular weight is 478 g/mol. The summed E-state index contributed by atoms with van der Waals surface area (Å²) in [5.41, 5.74) is 0. The van der Waals surface area contributed by atoms with Gasteiger partial charge in [-0.2, -0.15) is 0 Å². The summed E-state index contributed by atoms with van der Waals surface area (Å²) in [6.07, 6.45) is 1.27. The molecule has 0 fully saturated rings. The van der Waals surface area contributed by atoms with Crippen molar-refractivity contribution in [1.29, 1.82) is 0 Å². The second-order valence-electron chi connectivity index (χ2n) is 5.38. The average Bonchev–Trinajstić information content (AvgIpc) is 2.59. The number of ether oxygens (including phenoxy) is 2. The molecule has 2 aromatic rings. The molecule has 2 rings (SSSR count). The molecule has 2 aromatic carbocycles. The van der Waals surface area contributed by atoms with Gasteiger partial charge in [0.25, 0.3) is 0 Å². The summed E-state index contributed by atoms with van der Waals surface area (Å²) in [7, 11) is -3.91. The van der Waals surface area contributed by atoms with Crippen LogP contribution in [0.4, 0.5) is 0 Å². The van der Waals surface area contributed by atoms with Gasteiger partial charge in [-0.05, 0) is 0 Å². The van der Waals surface area contributed by atoms with Gasteiger partial charge in [0.15, 0.2) is 0 Å². The first-order valence-electron chi connectivity index (χ1n) is 8.05. The third kappa shape index (κ3) is 8.10. The summed E-state index contributed by atoms with van der Waals surface area (Å²) in [5, 5.41) is 0. The monoisotopic (exact) mass is 480 g/mol. The van der Waals surface area contributed by atoms with Crippen molar-refractivity contribution in [3.63, 3.8) is 0 Å². The van der Waals surface area contributed by atoms with E-state index in [2.05, 4.69) is 19.1 Å². The predicted octanol–water partition coefficient (Wildman–Crippen LogP) is 1.79. The molecule has 25 heavy (non-hydrogen) atoms. The van der Waals surface area contributed by atoms with Crippen molar-refractivity contribution >= 4 is 38.3 Å². The standard InChI is InChI=1S/C18H22O5STe/c1-2-12-22-15-4-8-17(9-5-15)25-18-10-6-16(7-11-18)23-13-3-14-24(19,20)21/h4-11H,2-3,12-14H2,1H3,(H,19,20,21). The third-order valence-corrected chi connectivity index (χ3v) is 6.87. The fraction of sp³-hybridized carbons (Fsp3) is 0.333. The van der Waals surface area contributed by atoms with Gasteiger partial charge in [-0.3, -0.25) is 0 Å². The summed E-state index contributed by atoms with van der Waals surface area (Å²) in [5.74, 6) is 1.33. The van der Waals surface area contributed by atoms with Crippen LogP contribution in [-0.4, -0.2) is 52.9 Å². The molecule has 0 radical (unpaired) electrons. The van der Waals surface area contributed by atoms with E-state index in [0.29, 0.717) is 5.75 Å². The minimum atomic E-state index is -3.91. The summed E-state index contributed by atoms with van der Waals surface area (Å²) in [6.45, 7) is 3.08. The molecule has 0 saturated carbocycles. The molecule has 7 heteroatoms. The van der Waals surface area contributed by atoms with E-state index in [1.807, 2.05) is 36.4 Å². The molecule has 136 valence electrons. The molecular formula is C18H22O5STe. The van der Waals surface area contributed by atoms with Crippen LogP contribution >= 0.6 is 0 Å². The van der Waals surface area contributed by atoms with E-state index in [0.717, 1.165) is 18.8 Å². The number of hydrogen-bond acceptors (Lipinski definition) is 4. The zero-order valence-corrected chi connectivity index (χ0v) is 17.2. The van der Waals surface area contributed by atoms with E-state index in [1.165, 1.54) is 7.22 Å².